The van der Waals surface area contributed by atoms with Crippen molar-refractivity contribution in [2.75, 3.05) is 0 Å². The van der Waals surface area contributed by atoms with Gasteiger partial charge in [-0.25, -0.2) is 14.6 Å². The van der Waals surface area contributed by atoms with Crippen LogP contribution in [0, 0.1) is 0 Å². The summed E-state index contributed by atoms with van der Waals surface area (Å²) in [5.74, 6) is 1.12. The van der Waals surface area contributed by atoms with E-state index in [1.54, 1.807) is 0 Å². The van der Waals surface area contributed by atoms with Gasteiger partial charge in [0, 0.05) is 18.2 Å². The van der Waals surface area contributed by atoms with Crippen LogP contribution in [0.2, 0.25) is 0 Å². The first kappa shape index (κ1) is 14.7. The van der Waals surface area contributed by atoms with Crippen LogP contribution in [0.4, 0.5) is 0 Å². The molecule has 0 aromatic carbocycles. The Morgan fingerprint density at radius 1 is 1.25 bits per heavy atom. The fourth-order valence-corrected chi connectivity index (χ4v) is 2.14. The zero-order valence-electron chi connectivity index (χ0n) is 12.7. The average Bonchev–Trinajstić information content (AvgIpc) is 2.89. The standard InChI is InChI=1S/C15H23N5/c1-5-11-7-12(6-2)20(19-11)14-9-17-15(10(3)4)18-13(14)8-16/h7,9-10H,5-6,8,16H2,1-4H3. The number of hydrogen-bond donors (Lipinski definition) is 1. The Labute approximate surface area is 120 Å². The lowest BCUT2D eigenvalue weighted by atomic mass is 10.2. The number of nitrogens with zero attached hydrogens (tertiary/aromatic N) is 4. The fourth-order valence-electron chi connectivity index (χ4n) is 2.14. The molecule has 0 unspecified atom stereocenters. The van der Waals surface area contributed by atoms with E-state index in [1.807, 2.05) is 10.9 Å². The first-order chi connectivity index (χ1) is 9.60. The smallest absolute Gasteiger partial charge is 0.131 e. The Balaban J connectivity index is 2.54. The Morgan fingerprint density at radius 2 is 2.00 bits per heavy atom. The van der Waals surface area contributed by atoms with E-state index in [9.17, 15) is 0 Å². The number of aromatic nitrogens is 4. The van der Waals surface area contributed by atoms with Crippen LogP contribution >= 0.6 is 0 Å². The van der Waals surface area contributed by atoms with Crippen molar-refractivity contribution in [2.45, 2.75) is 53.0 Å². The summed E-state index contributed by atoms with van der Waals surface area (Å²) in [5.41, 5.74) is 9.85. The molecule has 0 radical (unpaired) electrons. The molecule has 2 aromatic rings. The van der Waals surface area contributed by atoms with Gasteiger partial charge in [0.15, 0.2) is 0 Å². The molecule has 0 aliphatic heterocycles. The summed E-state index contributed by atoms with van der Waals surface area (Å²) < 4.78 is 1.94. The average molecular weight is 273 g/mol. The number of hydrogen-bond acceptors (Lipinski definition) is 4. The van der Waals surface area contributed by atoms with Gasteiger partial charge in [-0.3, -0.25) is 0 Å². The third-order valence-electron chi connectivity index (χ3n) is 3.36. The first-order valence-electron chi connectivity index (χ1n) is 7.24. The van der Waals surface area contributed by atoms with E-state index in [-0.39, 0.29) is 0 Å². The van der Waals surface area contributed by atoms with Crippen LogP contribution in [0.25, 0.3) is 5.69 Å². The predicted octanol–water partition coefficient (Wildman–Crippen LogP) is 2.37. The summed E-state index contributed by atoms with van der Waals surface area (Å²) in [6.45, 7) is 8.78. The van der Waals surface area contributed by atoms with Crippen molar-refractivity contribution >= 4 is 0 Å². The predicted molar refractivity (Wildman–Crippen MR) is 79.9 cm³/mol. The molecule has 20 heavy (non-hydrogen) atoms. The molecule has 2 N–H and O–H groups in total. The minimum atomic E-state index is 0.295. The Morgan fingerprint density at radius 3 is 2.55 bits per heavy atom. The van der Waals surface area contributed by atoms with Gasteiger partial charge in [0.05, 0.1) is 17.6 Å². The van der Waals surface area contributed by atoms with Gasteiger partial charge in [-0.1, -0.05) is 27.7 Å². The maximum atomic E-state index is 5.86. The van der Waals surface area contributed by atoms with Crippen molar-refractivity contribution in [3.8, 4) is 5.69 Å². The molecule has 5 heteroatoms. The molecule has 2 rings (SSSR count). The first-order valence-corrected chi connectivity index (χ1v) is 7.24. The van der Waals surface area contributed by atoms with Gasteiger partial charge in [0.2, 0.25) is 0 Å². The van der Waals surface area contributed by atoms with Crippen molar-refractivity contribution < 1.29 is 0 Å². The summed E-state index contributed by atoms with van der Waals surface area (Å²) in [6, 6.07) is 2.14. The van der Waals surface area contributed by atoms with Gasteiger partial charge < -0.3 is 5.73 Å². The zero-order valence-corrected chi connectivity index (χ0v) is 12.7. The molecule has 0 aliphatic carbocycles. The molecule has 2 heterocycles. The van der Waals surface area contributed by atoms with Crippen LogP contribution in [0.1, 0.15) is 56.5 Å². The highest BCUT2D eigenvalue weighted by atomic mass is 15.3. The summed E-state index contributed by atoms with van der Waals surface area (Å²) in [5, 5.41) is 4.63. The van der Waals surface area contributed by atoms with E-state index in [0.29, 0.717) is 12.5 Å². The summed E-state index contributed by atoms with van der Waals surface area (Å²) in [4.78, 5) is 9.03. The minimum Gasteiger partial charge on any atom is -0.325 e. The highest BCUT2D eigenvalue weighted by Crippen LogP contribution is 2.18. The third-order valence-corrected chi connectivity index (χ3v) is 3.36. The Kier molecular flexibility index (Phi) is 4.49. The van der Waals surface area contributed by atoms with Gasteiger partial charge in [-0.2, -0.15) is 5.10 Å². The summed E-state index contributed by atoms with van der Waals surface area (Å²) in [6.07, 6.45) is 3.68. The fraction of sp³-hybridized carbons (Fsp3) is 0.533. The molecule has 0 amide bonds. The lowest BCUT2D eigenvalue weighted by Crippen LogP contribution is -2.13. The normalized spacial score (nSPS) is 11.3. The van der Waals surface area contributed by atoms with E-state index in [2.05, 4.69) is 48.8 Å². The van der Waals surface area contributed by atoms with Crippen molar-refractivity contribution in [1.29, 1.82) is 0 Å². The van der Waals surface area contributed by atoms with Crippen molar-refractivity contribution in [3.05, 3.63) is 35.2 Å². The molecular formula is C15H23N5. The van der Waals surface area contributed by atoms with Gasteiger partial charge in [-0.05, 0) is 18.9 Å². The highest BCUT2D eigenvalue weighted by molar-refractivity contribution is 5.36. The van der Waals surface area contributed by atoms with Crippen molar-refractivity contribution in [1.82, 2.24) is 19.7 Å². The second kappa shape index (κ2) is 6.13. The summed E-state index contributed by atoms with van der Waals surface area (Å²) in [7, 11) is 0. The molecular weight excluding hydrogens is 250 g/mol. The summed E-state index contributed by atoms with van der Waals surface area (Å²) >= 11 is 0. The zero-order chi connectivity index (χ0) is 14.7. The molecule has 0 atom stereocenters. The Hall–Kier alpha value is -1.75. The van der Waals surface area contributed by atoms with Crippen LogP contribution in [0.15, 0.2) is 12.3 Å². The third kappa shape index (κ3) is 2.72. The topological polar surface area (TPSA) is 69.6 Å². The SMILES string of the molecule is CCc1cc(CC)n(-c2cnc(C(C)C)nc2CN)n1. The van der Waals surface area contributed by atoms with Crippen molar-refractivity contribution in [2.24, 2.45) is 5.73 Å². The Bertz CT molecular complexity index is 586. The molecule has 0 saturated heterocycles. The maximum absolute atomic E-state index is 5.86. The molecule has 5 nitrogen and oxygen atoms in total. The van der Waals surface area contributed by atoms with E-state index in [0.717, 1.165) is 41.4 Å². The molecule has 0 fully saturated rings. The molecule has 0 spiro atoms. The number of nitrogens with two attached hydrogens (primary N) is 1. The van der Waals surface area contributed by atoms with E-state index >= 15 is 0 Å². The van der Waals surface area contributed by atoms with Crippen LogP contribution in [0.5, 0.6) is 0 Å². The minimum absolute atomic E-state index is 0.295. The molecule has 0 aliphatic rings. The second-order valence-corrected chi connectivity index (χ2v) is 5.16. The van der Waals surface area contributed by atoms with Crippen LogP contribution in [-0.4, -0.2) is 19.7 Å². The lowest BCUT2D eigenvalue weighted by Gasteiger charge is -2.12. The maximum Gasteiger partial charge on any atom is 0.131 e. The van der Waals surface area contributed by atoms with Gasteiger partial charge in [0.1, 0.15) is 11.5 Å². The van der Waals surface area contributed by atoms with E-state index in [1.165, 1.54) is 0 Å². The number of rotatable bonds is 5. The van der Waals surface area contributed by atoms with Crippen LogP contribution in [-0.2, 0) is 19.4 Å². The van der Waals surface area contributed by atoms with Crippen LogP contribution < -0.4 is 5.73 Å². The van der Waals surface area contributed by atoms with Gasteiger partial charge in [-0.15, -0.1) is 0 Å². The molecule has 2 aromatic heterocycles. The molecule has 108 valence electrons. The highest BCUT2D eigenvalue weighted by Gasteiger charge is 2.14. The van der Waals surface area contributed by atoms with Crippen molar-refractivity contribution in [3.63, 3.8) is 0 Å². The van der Waals surface area contributed by atoms with Gasteiger partial charge in [0.25, 0.3) is 0 Å². The molecule has 0 saturated carbocycles. The van der Waals surface area contributed by atoms with Gasteiger partial charge >= 0.3 is 0 Å². The van der Waals surface area contributed by atoms with E-state index in [4.69, 9.17) is 5.73 Å². The van der Waals surface area contributed by atoms with E-state index < -0.39 is 0 Å². The van der Waals surface area contributed by atoms with Crippen LogP contribution in [0.3, 0.4) is 0 Å². The number of aryl methyl sites for hydroxylation is 2. The lowest BCUT2D eigenvalue weighted by molar-refractivity contribution is 0.722. The quantitative estimate of drug-likeness (QED) is 0.908. The largest absolute Gasteiger partial charge is 0.325 e. The second-order valence-electron chi connectivity index (χ2n) is 5.16. The monoisotopic (exact) mass is 273 g/mol. The molecule has 0 bridgehead atoms.